The first-order chi connectivity index (χ1) is 14.1. The summed E-state index contributed by atoms with van der Waals surface area (Å²) in [5.41, 5.74) is 0. The minimum absolute atomic E-state index is 0.120. The summed E-state index contributed by atoms with van der Waals surface area (Å²) in [6.07, 6.45) is 17.1. The predicted molar refractivity (Wildman–Crippen MR) is 122 cm³/mol. The van der Waals surface area contributed by atoms with E-state index in [0.717, 1.165) is 32.2 Å². The van der Waals surface area contributed by atoms with Crippen molar-refractivity contribution >= 4 is 11.9 Å². The minimum atomic E-state index is -0.906. The molecule has 172 valence electrons. The lowest BCUT2D eigenvalue weighted by Gasteiger charge is -2.28. The van der Waals surface area contributed by atoms with Crippen molar-refractivity contribution < 1.29 is 14.7 Å². The zero-order valence-corrected chi connectivity index (χ0v) is 19.5. The standard InChI is InChI=1S/C24H48N2O3/c1-4-7-9-11-12-13-14-15-16-17-19-25-24(29)22(21-23(27)28)26(6-3)20-18-10-8-5-2/h22H,4-21H2,1-3H3,(H,25,29)(H,27,28)/t22-/m0/s1. The van der Waals surface area contributed by atoms with Crippen molar-refractivity contribution in [3.8, 4) is 0 Å². The smallest absolute Gasteiger partial charge is 0.305 e. The summed E-state index contributed by atoms with van der Waals surface area (Å²) in [6, 6.07) is -0.553. The number of unbranched alkanes of at least 4 members (excludes halogenated alkanes) is 12. The van der Waals surface area contributed by atoms with Crippen LogP contribution in [0.2, 0.25) is 0 Å². The van der Waals surface area contributed by atoms with E-state index in [-0.39, 0.29) is 12.3 Å². The van der Waals surface area contributed by atoms with E-state index in [1.807, 2.05) is 11.8 Å². The van der Waals surface area contributed by atoms with Gasteiger partial charge >= 0.3 is 5.97 Å². The van der Waals surface area contributed by atoms with Gasteiger partial charge in [-0.25, -0.2) is 0 Å². The molecule has 0 bridgehead atoms. The van der Waals surface area contributed by atoms with Crippen molar-refractivity contribution in [1.82, 2.24) is 10.2 Å². The van der Waals surface area contributed by atoms with Gasteiger partial charge in [0.25, 0.3) is 0 Å². The third-order valence-corrected chi connectivity index (χ3v) is 5.65. The molecule has 0 saturated carbocycles. The highest BCUT2D eigenvalue weighted by atomic mass is 16.4. The van der Waals surface area contributed by atoms with Gasteiger partial charge in [-0.3, -0.25) is 14.5 Å². The van der Waals surface area contributed by atoms with Crippen LogP contribution in [-0.4, -0.2) is 47.6 Å². The Labute approximate surface area is 180 Å². The number of carboxylic acid groups (broad SMARTS) is 1. The fourth-order valence-corrected chi connectivity index (χ4v) is 3.77. The third-order valence-electron chi connectivity index (χ3n) is 5.65. The summed E-state index contributed by atoms with van der Waals surface area (Å²) in [7, 11) is 0. The van der Waals surface area contributed by atoms with Crippen molar-refractivity contribution in [2.24, 2.45) is 0 Å². The van der Waals surface area contributed by atoms with E-state index < -0.39 is 12.0 Å². The predicted octanol–water partition coefficient (Wildman–Crippen LogP) is 5.77. The first kappa shape index (κ1) is 27.9. The molecule has 5 heteroatoms. The van der Waals surface area contributed by atoms with E-state index in [0.29, 0.717) is 13.1 Å². The molecule has 1 atom stereocenters. The van der Waals surface area contributed by atoms with Crippen molar-refractivity contribution in [2.45, 2.75) is 123 Å². The summed E-state index contributed by atoms with van der Waals surface area (Å²) in [4.78, 5) is 25.9. The highest BCUT2D eigenvalue weighted by molar-refractivity contribution is 5.86. The lowest BCUT2D eigenvalue weighted by Crippen LogP contribution is -2.48. The Morgan fingerprint density at radius 1 is 0.759 bits per heavy atom. The van der Waals surface area contributed by atoms with E-state index in [2.05, 4.69) is 19.2 Å². The molecule has 0 aromatic heterocycles. The molecule has 0 saturated heterocycles. The first-order valence-corrected chi connectivity index (χ1v) is 12.3. The Hall–Kier alpha value is -1.10. The van der Waals surface area contributed by atoms with Crippen LogP contribution in [0, 0.1) is 0 Å². The molecule has 29 heavy (non-hydrogen) atoms. The maximum absolute atomic E-state index is 12.6. The summed E-state index contributed by atoms with van der Waals surface area (Å²) >= 11 is 0. The topological polar surface area (TPSA) is 69.6 Å². The average molecular weight is 413 g/mol. The molecular formula is C24H48N2O3. The minimum Gasteiger partial charge on any atom is -0.481 e. The van der Waals surface area contributed by atoms with Crippen LogP contribution < -0.4 is 5.32 Å². The van der Waals surface area contributed by atoms with Gasteiger partial charge in [0.1, 0.15) is 0 Å². The number of aliphatic carboxylic acids is 1. The Kier molecular flexibility index (Phi) is 19.4. The molecular weight excluding hydrogens is 364 g/mol. The normalized spacial score (nSPS) is 12.3. The van der Waals surface area contributed by atoms with Crippen LogP contribution >= 0.6 is 0 Å². The fourth-order valence-electron chi connectivity index (χ4n) is 3.77. The van der Waals surface area contributed by atoms with Crippen LogP contribution in [0.25, 0.3) is 0 Å². The summed E-state index contributed by atoms with van der Waals surface area (Å²) in [5.74, 6) is -1.03. The number of nitrogens with zero attached hydrogens (tertiary/aromatic N) is 1. The molecule has 0 radical (unpaired) electrons. The number of carbonyl (C=O) groups is 2. The van der Waals surface area contributed by atoms with Gasteiger partial charge in [-0.15, -0.1) is 0 Å². The zero-order valence-electron chi connectivity index (χ0n) is 19.5. The van der Waals surface area contributed by atoms with E-state index >= 15 is 0 Å². The van der Waals surface area contributed by atoms with Gasteiger partial charge in [0.2, 0.25) is 5.91 Å². The summed E-state index contributed by atoms with van der Waals surface area (Å²) < 4.78 is 0. The number of amides is 1. The Morgan fingerprint density at radius 3 is 1.72 bits per heavy atom. The molecule has 0 unspecified atom stereocenters. The molecule has 0 heterocycles. The number of carboxylic acids is 1. The number of rotatable bonds is 21. The maximum atomic E-state index is 12.6. The number of likely N-dealkylation sites (N-methyl/N-ethyl adjacent to an activating group) is 1. The van der Waals surface area contributed by atoms with Gasteiger partial charge in [-0.05, 0) is 25.9 Å². The van der Waals surface area contributed by atoms with Crippen LogP contribution in [0.5, 0.6) is 0 Å². The molecule has 5 nitrogen and oxygen atoms in total. The van der Waals surface area contributed by atoms with Crippen molar-refractivity contribution in [1.29, 1.82) is 0 Å². The maximum Gasteiger partial charge on any atom is 0.305 e. The molecule has 0 rings (SSSR count). The van der Waals surface area contributed by atoms with E-state index in [1.54, 1.807) is 0 Å². The van der Waals surface area contributed by atoms with Gasteiger partial charge in [0.15, 0.2) is 0 Å². The van der Waals surface area contributed by atoms with Crippen molar-refractivity contribution in [3.63, 3.8) is 0 Å². The van der Waals surface area contributed by atoms with Gasteiger partial charge in [-0.1, -0.05) is 97.8 Å². The molecule has 0 aliphatic rings. The monoisotopic (exact) mass is 412 g/mol. The Morgan fingerprint density at radius 2 is 1.24 bits per heavy atom. The van der Waals surface area contributed by atoms with E-state index in [1.165, 1.54) is 64.2 Å². The van der Waals surface area contributed by atoms with Crippen molar-refractivity contribution in [3.05, 3.63) is 0 Å². The number of carbonyl (C=O) groups excluding carboxylic acids is 1. The van der Waals surface area contributed by atoms with E-state index in [4.69, 9.17) is 0 Å². The number of hydrogen-bond donors (Lipinski definition) is 2. The van der Waals surface area contributed by atoms with Crippen molar-refractivity contribution in [2.75, 3.05) is 19.6 Å². The van der Waals surface area contributed by atoms with Gasteiger partial charge in [0.05, 0.1) is 12.5 Å². The lowest BCUT2D eigenvalue weighted by molar-refractivity contribution is -0.142. The zero-order chi connectivity index (χ0) is 21.7. The van der Waals surface area contributed by atoms with Gasteiger partial charge < -0.3 is 10.4 Å². The second-order valence-electron chi connectivity index (χ2n) is 8.28. The lowest BCUT2D eigenvalue weighted by atomic mass is 10.1. The molecule has 0 aromatic rings. The molecule has 2 N–H and O–H groups in total. The van der Waals surface area contributed by atoms with Crippen LogP contribution in [0.3, 0.4) is 0 Å². The number of nitrogens with one attached hydrogen (secondary N) is 1. The average Bonchev–Trinajstić information content (AvgIpc) is 2.70. The van der Waals surface area contributed by atoms with Crippen LogP contribution in [-0.2, 0) is 9.59 Å². The summed E-state index contributed by atoms with van der Waals surface area (Å²) in [6.45, 7) is 8.57. The highest BCUT2D eigenvalue weighted by Gasteiger charge is 2.26. The van der Waals surface area contributed by atoms with Crippen LogP contribution in [0.4, 0.5) is 0 Å². The van der Waals surface area contributed by atoms with Gasteiger partial charge in [-0.2, -0.15) is 0 Å². The Balaban J connectivity index is 4.06. The largest absolute Gasteiger partial charge is 0.481 e. The first-order valence-electron chi connectivity index (χ1n) is 12.3. The SMILES string of the molecule is CCCCCCCCCCCCNC(=O)[C@H](CC(=O)O)N(CC)CCCCCC. The molecule has 0 fully saturated rings. The Bertz CT molecular complexity index is 402. The van der Waals surface area contributed by atoms with Crippen LogP contribution in [0.1, 0.15) is 117 Å². The van der Waals surface area contributed by atoms with E-state index in [9.17, 15) is 14.7 Å². The molecule has 0 aromatic carbocycles. The molecule has 0 aliphatic carbocycles. The van der Waals surface area contributed by atoms with Crippen LogP contribution in [0.15, 0.2) is 0 Å². The third kappa shape index (κ3) is 16.4. The fraction of sp³-hybridized carbons (Fsp3) is 0.917. The molecule has 0 spiro atoms. The van der Waals surface area contributed by atoms with Gasteiger partial charge in [0, 0.05) is 6.54 Å². The second-order valence-corrected chi connectivity index (χ2v) is 8.28. The molecule has 0 aliphatic heterocycles. The number of hydrogen-bond acceptors (Lipinski definition) is 3. The molecule has 1 amide bonds. The summed E-state index contributed by atoms with van der Waals surface area (Å²) in [5, 5.41) is 12.2. The second kappa shape index (κ2) is 20.2. The quantitative estimate of drug-likeness (QED) is 0.235. The highest BCUT2D eigenvalue weighted by Crippen LogP contribution is 2.11.